The van der Waals surface area contributed by atoms with Crippen LogP contribution in [0.25, 0.3) is 0 Å². The Labute approximate surface area is 68.6 Å². The Hall–Kier alpha value is -0.0800. The lowest BCUT2D eigenvalue weighted by molar-refractivity contribution is -0.00615. The zero-order valence-electron chi connectivity index (χ0n) is 7.25. The highest BCUT2D eigenvalue weighted by atomic mass is 16.5. The Morgan fingerprint density at radius 3 is 3.00 bits per heavy atom. The van der Waals surface area contributed by atoms with Crippen LogP contribution in [0, 0.1) is 0 Å². The first-order valence-electron chi connectivity index (χ1n) is 4.64. The maximum Gasteiger partial charge on any atom is 0.0834 e. The van der Waals surface area contributed by atoms with Crippen molar-refractivity contribution in [3.05, 3.63) is 0 Å². The molecule has 1 saturated heterocycles. The number of unbranched alkanes of at least 4 members (excludes halogenated alkanes) is 1. The van der Waals surface area contributed by atoms with Crippen LogP contribution in [0.4, 0.5) is 0 Å². The summed E-state index contributed by atoms with van der Waals surface area (Å²) < 4.78 is 5.36. The molecule has 1 heterocycles. The first-order valence-corrected chi connectivity index (χ1v) is 4.64. The van der Waals surface area contributed by atoms with Crippen molar-refractivity contribution in [2.75, 3.05) is 6.61 Å². The van der Waals surface area contributed by atoms with E-state index in [-0.39, 0.29) is 12.2 Å². The van der Waals surface area contributed by atoms with E-state index < -0.39 is 0 Å². The van der Waals surface area contributed by atoms with Crippen molar-refractivity contribution in [2.45, 2.75) is 51.2 Å². The molecule has 66 valence electrons. The topological polar surface area (TPSA) is 29.5 Å². The summed E-state index contributed by atoms with van der Waals surface area (Å²) in [5, 5.41) is 9.56. The molecule has 0 aliphatic carbocycles. The second-order valence-electron chi connectivity index (χ2n) is 3.26. The summed E-state index contributed by atoms with van der Waals surface area (Å²) in [6.07, 6.45) is 5.27. The third-order valence-corrected chi connectivity index (χ3v) is 2.25. The molecule has 0 aromatic rings. The number of ether oxygens (including phenoxy) is 1. The van der Waals surface area contributed by atoms with E-state index in [4.69, 9.17) is 4.74 Å². The van der Waals surface area contributed by atoms with Crippen LogP contribution in [0.1, 0.15) is 39.0 Å². The standard InChI is InChI=1S/C9H18O2/c1-2-3-5-8(10)9-6-4-7-11-9/h8-10H,2-7H2,1H3. The lowest BCUT2D eigenvalue weighted by Gasteiger charge is -2.16. The van der Waals surface area contributed by atoms with Crippen molar-refractivity contribution in [1.29, 1.82) is 0 Å². The summed E-state index contributed by atoms with van der Waals surface area (Å²) in [6, 6.07) is 0. The average Bonchev–Trinajstić information content (AvgIpc) is 2.52. The minimum atomic E-state index is -0.211. The predicted molar refractivity (Wildman–Crippen MR) is 44.5 cm³/mol. The van der Waals surface area contributed by atoms with E-state index in [9.17, 15) is 5.11 Å². The largest absolute Gasteiger partial charge is 0.390 e. The Morgan fingerprint density at radius 1 is 1.64 bits per heavy atom. The Kier molecular flexibility index (Phi) is 3.87. The van der Waals surface area contributed by atoms with Crippen molar-refractivity contribution >= 4 is 0 Å². The van der Waals surface area contributed by atoms with Crippen LogP contribution in [-0.4, -0.2) is 23.9 Å². The van der Waals surface area contributed by atoms with Gasteiger partial charge in [-0.3, -0.25) is 0 Å². The quantitative estimate of drug-likeness (QED) is 0.675. The van der Waals surface area contributed by atoms with Crippen LogP contribution < -0.4 is 0 Å². The van der Waals surface area contributed by atoms with Gasteiger partial charge in [0.05, 0.1) is 12.2 Å². The molecule has 0 amide bonds. The molecule has 0 aromatic carbocycles. The zero-order valence-corrected chi connectivity index (χ0v) is 7.25. The van der Waals surface area contributed by atoms with Gasteiger partial charge in [-0.25, -0.2) is 0 Å². The van der Waals surface area contributed by atoms with Crippen LogP contribution in [-0.2, 0) is 4.74 Å². The minimum Gasteiger partial charge on any atom is -0.390 e. The second-order valence-corrected chi connectivity index (χ2v) is 3.26. The van der Waals surface area contributed by atoms with E-state index >= 15 is 0 Å². The summed E-state index contributed by atoms with van der Waals surface area (Å²) in [4.78, 5) is 0. The molecule has 2 nitrogen and oxygen atoms in total. The van der Waals surface area contributed by atoms with Crippen molar-refractivity contribution in [3.63, 3.8) is 0 Å². The fraction of sp³-hybridized carbons (Fsp3) is 1.00. The zero-order chi connectivity index (χ0) is 8.10. The summed E-state index contributed by atoms with van der Waals surface area (Å²) in [7, 11) is 0. The third-order valence-electron chi connectivity index (χ3n) is 2.25. The van der Waals surface area contributed by atoms with Gasteiger partial charge < -0.3 is 9.84 Å². The normalized spacial score (nSPS) is 27.3. The molecule has 1 fully saturated rings. The van der Waals surface area contributed by atoms with Gasteiger partial charge in [0, 0.05) is 6.61 Å². The van der Waals surface area contributed by atoms with Crippen molar-refractivity contribution < 1.29 is 9.84 Å². The third kappa shape index (κ3) is 2.80. The second kappa shape index (κ2) is 4.73. The summed E-state index contributed by atoms with van der Waals surface area (Å²) in [6.45, 7) is 2.98. The molecule has 11 heavy (non-hydrogen) atoms. The fourth-order valence-corrected chi connectivity index (χ4v) is 1.51. The number of aliphatic hydroxyl groups is 1. The smallest absolute Gasteiger partial charge is 0.0834 e. The highest BCUT2D eigenvalue weighted by molar-refractivity contribution is 4.73. The van der Waals surface area contributed by atoms with E-state index in [1.807, 2.05) is 0 Å². The van der Waals surface area contributed by atoms with Gasteiger partial charge in [-0.1, -0.05) is 19.8 Å². The molecule has 1 rings (SSSR count). The molecule has 0 radical (unpaired) electrons. The van der Waals surface area contributed by atoms with Gasteiger partial charge in [0.1, 0.15) is 0 Å². The molecule has 1 aliphatic rings. The van der Waals surface area contributed by atoms with E-state index in [0.29, 0.717) is 0 Å². The molecule has 2 heteroatoms. The van der Waals surface area contributed by atoms with E-state index in [2.05, 4.69) is 6.92 Å². The van der Waals surface area contributed by atoms with Gasteiger partial charge in [-0.15, -0.1) is 0 Å². The van der Waals surface area contributed by atoms with E-state index in [1.165, 1.54) is 0 Å². The van der Waals surface area contributed by atoms with Crippen molar-refractivity contribution in [1.82, 2.24) is 0 Å². The van der Waals surface area contributed by atoms with Gasteiger partial charge in [0.2, 0.25) is 0 Å². The first-order chi connectivity index (χ1) is 5.34. The maximum atomic E-state index is 9.56. The Morgan fingerprint density at radius 2 is 2.45 bits per heavy atom. The fourth-order valence-electron chi connectivity index (χ4n) is 1.51. The first kappa shape index (κ1) is 9.01. The maximum absolute atomic E-state index is 9.56. The van der Waals surface area contributed by atoms with Crippen LogP contribution in [0.5, 0.6) is 0 Å². The molecular formula is C9H18O2. The highest BCUT2D eigenvalue weighted by Crippen LogP contribution is 2.18. The number of rotatable bonds is 4. The van der Waals surface area contributed by atoms with E-state index in [1.54, 1.807) is 0 Å². The average molecular weight is 158 g/mol. The van der Waals surface area contributed by atoms with E-state index in [0.717, 1.165) is 38.7 Å². The monoisotopic (exact) mass is 158 g/mol. The van der Waals surface area contributed by atoms with Crippen molar-refractivity contribution in [2.24, 2.45) is 0 Å². The minimum absolute atomic E-state index is 0.140. The highest BCUT2D eigenvalue weighted by Gasteiger charge is 2.22. The Bertz CT molecular complexity index is 97.7. The molecule has 0 aromatic heterocycles. The molecule has 0 bridgehead atoms. The van der Waals surface area contributed by atoms with Gasteiger partial charge in [0.15, 0.2) is 0 Å². The van der Waals surface area contributed by atoms with Crippen LogP contribution in [0.2, 0.25) is 0 Å². The van der Waals surface area contributed by atoms with Crippen LogP contribution >= 0.6 is 0 Å². The van der Waals surface area contributed by atoms with Gasteiger partial charge in [0.25, 0.3) is 0 Å². The number of hydrogen-bond donors (Lipinski definition) is 1. The summed E-state index contributed by atoms with van der Waals surface area (Å²) in [5.74, 6) is 0. The lowest BCUT2D eigenvalue weighted by Crippen LogP contribution is -2.24. The lowest BCUT2D eigenvalue weighted by atomic mass is 10.1. The van der Waals surface area contributed by atoms with Crippen molar-refractivity contribution in [3.8, 4) is 0 Å². The SMILES string of the molecule is CCCCC(O)C1CCCO1. The van der Waals surface area contributed by atoms with Crippen LogP contribution in [0.3, 0.4) is 0 Å². The summed E-state index contributed by atoms with van der Waals surface area (Å²) >= 11 is 0. The van der Waals surface area contributed by atoms with Gasteiger partial charge in [-0.05, 0) is 19.3 Å². The molecule has 2 atom stereocenters. The Balaban J connectivity index is 2.12. The summed E-state index contributed by atoms with van der Waals surface area (Å²) in [5.41, 5.74) is 0. The molecule has 0 spiro atoms. The van der Waals surface area contributed by atoms with Crippen LogP contribution in [0.15, 0.2) is 0 Å². The number of aliphatic hydroxyl groups excluding tert-OH is 1. The molecule has 1 N–H and O–H groups in total. The molecule has 2 unspecified atom stereocenters. The van der Waals surface area contributed by atoms with Gasteiger partial charge in [-0.2, -0.15) is 0 Å². The van der Waals surface area contributed by atoms with Gasteiger partial charge >= 0.3 is 0 Å². The molecule has 0 saturated carbocycles. The molecule has 1 aliphatic heterocycles. The number of hydrogen-bond acceptors (Lipinski definition) is 2. The molecular weight excluding hydrogens is 140 g/mol. The predicted octanol–water partition coefficient (Wildman–Crippen LogP) is 1.72.